The van der Waals surface area contributed by atoms with Crippen molar-refractivity contribution >= 4 is 5.91 Å². The summed E-state index contributed by atoms with van der Waals surface area (Å²) in [5, 5.41) is 2.73. The molecule has 4 nitrogen and oxygen atoms in total. The van der Waals surface area contributed by atoms with Crippen molar-refractivity contribution in [3.05, 3.63) is 23.3 Å². The number of nitrogens with one attached hydrogen (secondary N) is 1. The second-order valence-electron chi connectivity index (χ2n) is 3.37. The van der Waals surface area contributed by atoms with E-state index in [0.717, 1.165) is 5.56 Å². The normalized spacial score (nSPS) is 9.75. The summed E-state index contributed by atoms with van der Waals surface area (Å²) >= 11 is 0. The maximum absolute atomic E-state index is 11.7. The molecule has 88 valence electrons. The van der Waals surface area contributed by atoms with E-state index in [1.807, 2.05) is 13.8 Å². The molecule has 0 saturated heterocycles. The van der Waals surface area contributed by atoms with Gasteiger partial charge in [0.15, 0.2) is 0 Å². The van der Waals surface area contributed by atoms with Gasteiger partial charge < -0.3 is 14.8 Å². The van der Waals surface area contributed by atoms with Gasteiger partial charge in [0.1, 0.15) is 11.5 Å². The van der Waals surface area contributed by atoms with Crippen molar-refractivity contribution in [2.45, 2.75) is 13.8 Å². The first kappa shape index (κ1) is 12.4. The molecule has 0 saturated carbocycles. The van der Waals surface area contributed by atoms with Crippen LogP contribution in [-0.2, 0) is 0 Å². The molecule has 1 rings (SSSR count). The highest BCUT2D eigenvalue weighted by Crippen LogP contribution is 2.29. The minimum absolute atomic E-state index is 0.126. The van der Waals surface area contributed by atoms with Gasteiger partial charge in [-0.3, -0.25) is 4.79 Å². The first-order chi connectivity index (χ1) is 7.63. The topological polar surface area (TPSA) is 47.6 Å². The molecule has 0 bridgehead atoms. The van der Waals surface area contributed by atoms with E-state index in [2.05, 4.69) is 5.32 Å². The zero-order valence-corrected chi connectivity index (χ0v) is 10.1. The van der Waals surface area contributed by atoms with Gasteiger partial charge in [-0.1, -0.05) is 0 Å². The SMILES string of the molecule is CCNC(=O)c1cc(OC)c(C)c(OC)c1. The molecular formula is C12H17NO3. The van der Waals surface area contributed by atoms with Crippen LogP contribution in [0.2, 0.25) is 0 Å². The number of methoxy groups -OCH3 is 2. The molecule has 1 amide bonds. The molecule has 0 unspecified atom stereocenters. The molecule has 0 atom stereocenters. The van der Waals surface area contributed by atoms with Crippen LogP contribution < -0.4 is 14.8 Å². The van der Waals surface area contributed by atoms with Gasteiger partial charge in [0, 0.05) is 17.7 Å². The Morgan fingerprint density at radius 2 is 1.75 bits per heavy atom. The van der Waals surface area contributed by atoms with E-state index >= 15 is 0 Å². The van der Waals surface area contributed by atoms with Crippen molar-refractivity contribution in [3.8, 4) is 11.5 Å². The third-order valence-corrected chi connectivity index (χ3v) is 2.35. The second-order valence-corrected chi connectivity index (χ2v) is 3.37. The van der Waals surface area contributed by atoms with Gasteiger partial charge in [-0.05, 0) is 26.0 Å². The quantitative estimate of drug-likeness (QED) is 0.846. The molecule has 1 aromatic rings. The number of carbonyl (C=O) groups is 1. The van der Waals surface area contributed by atoms with Crippen molar-refractivity contribution in [3.63, 3.8) is 0 Å². The fourth-order valence-electron chi connectivity index (χ4n) is 1.48. The van der Waals surface area contributed by atoms with Crippen molar-refractivity contribution in [1.82, 2.24) is 5.32 Å². The number of hydrogen-bond donors (Lipinski definition) is 1. The summed E-state index contributed by atoms with van der Waals surface area (Å²) in [7, 11) is 3.15. The summed E-state index contributed by atoms with van der Waals surface area (Å²) in [6.07, 6.45) is 0. The summed E-state index contributed by atoms with van der Waals surface area (Å²) in [5.74, 6) is 1.18. The monoisotopic (exact) mass is 223 g/mol. The fourth-order valence-corrected chi connectivity index (χ4v) is 1.48. The zero-order chi connectivity index (χ0) is 12.1. The first-order valence-electron chi connectivity index (χ1n) is 5.14. The smallest absolute Gasteiger partial charge is 0.251 e. The second kappa shape index (κ2) is 5.39. The molecule has 0 aliphatic heterocycles. The summed E-state index contributed by atoms with van der Waals surface area (Å²) in [6.45, 7) is 4.36. The van der Waals surface area contributed by atoms with Gasteiger partial charge in [0.05, 0.1) is 14.2 Å². The molecule has 0 aromatic heterocycles. The Balaban J connectivity index is 3.16. The van der Waals surface area contributed by atoms with Gasteiger partial charge in [0.2, 0.25) is 0 Å². The fraction of sp³-hybridized carbons (Fsp3) is 0.417. The highest BCUT2D eigenvalue weighted by molar-refractivity contribution is 5.95. The summed E-state index contributed by atoms with van der Waals surface area (Å²) in [6, 6.07) is 3.42. The lowest BCUT2D eigenvalue weighted by Crippen LogP contribution is -2.22. The van der Waals surface area contributed by atoms with Crippen LogP contribution in [0.4, 0.5) is 0 Å². The number of benzene rings is 1. The minimum Gasteiger partial charge on any atom is -0.496 e. The molecule has 0 aliphatic carbocycles. The van der Waals surface area contributed by atoms with E-state index < -0.39 is 0 Å². The molecule has 0 fully saturated rings. The summed E-state index contributed by atoms with van der Waals surface area (Å²) in [4.78, 5) is 11.7. The first-order valence-corrected chi connectivity index (χ1v) is 5.14. The summed E-state index contributed by atoms with van der Waals surface area (Å²) in [5.41, 5.74) is 1.43. The zero-order valence-electron chi connectivity index (χ0n) is 10.1. The Kier molecular flexibility index (Phi) is 4.17. The standard InChI is InChI=1S/C12H17NO3/c1-5-13-12(14)9-6-10(15-3)8(2)11(7-9)16-4/h6-7H,5H2,1-4H3,(H,13,14). The van der Waals surface area contributed by atoms with Crippen LogP contribution >= 0.6 is 0 Å². The molecule has 0 spiro atoms. The van der Waals surface area contributed by atoms with E-state index in [1.54, 1.807) is 26.4 Å². The average Bonchev–Trinajstić information content (AvgIpc) is 2.29. The molecule has 0 radical (unpaired) electrons. The number of amides is 1. The van der Waals surface area contributed by atoms with Crippen LogP contribution in [0.1, 0.15) is 22.8 Å². The van der Waals surface area contributed by atoms with E-state index in [1.165, 1.54) is 0 Å². The van der Waals surface area contributed by atoms with Crippen LogP contribution in [0.15, 0.2) is 12.1 Å². The Hall–Kier alpha value is -1.71. The Morgan fingerprint density at radius 3 is 2.12 bits per heavy atom. The van der Waals surface area contributed by atoms with E-state index in [9.17, 15) is 4.79 Å². The minimum atomic E-state index is -0.126. The lowest BCUT2D eigenvalue weighted by atomic mass is 10.1. The summed E-state index contributed by atoms with van der Waals surface area (Å²) < 4.78 is 10.4. The van der Waals surface area contributed by atoms with Crippen LogP contribution in [0.25, 0.3) is 0 Å². The molecule has 1 N–H and O–H groups in total. The maximum Gasteiger partial charge on any atom is 0.251 e. The largest absolute Gasteiger partial charge is 0.496 e. The lowest BCUT2D eigenvalue weighted by molar-refractivity contribution is 0.0955. The van der Waals surface area contributed by atoms with E-state index in [0.29, 0.717) is 23.6 Å². The Labute approximate surface area is 95.6 Å². The number of rotatable bonds is 4. The highest BCUT2D eigenvalue weighted by Gasteiger charge is 2.12. The molecule has 0 heterocycles. The predicted octanol–water partition coefficient (Wildman–Crippen LogP) is 1.76. The van der Waals surface area contributed by atoms with Crippen LogP contribution in [0.5, 0.6) is 11.5 Å². The molecule has 1 aromatic carbocycles. The van der Waals surface area contributed by atoms with Crippen LogP contribution in [0.3, 0.4) is 0 Å². The van der Waals surface area contributed by atoms with Gasteiger partial charge in [-0.25, -0.2) is 0 Å². The van der Waals surface area contributed by atoms with Crippen LogP contribution in [-0.4, -0.2) is 26.7 Å². The lowest BCUT2D eigenvalue weighted by Gasteiger charge is -2.12. The Morgan fingerprint density at radius 1 is 1.25 bits per heavy atom. The van der Waals surface area contributed by atoms with Gasteiger partial charge >= 0.3 is 0 Å². The third-order valence-electron chi connectivity index (χ3n) is 2.35. The molecule has 16 heavy (non-hydrogen) atoms. The van der Waals surface area contributed by atoms with E-state index in [4.69, 9.17) is 9.47 Å². The van der Waals surface area contributed by atoms with Gasteiger partial charge in [0.25, 0.3) is 5.91 Å². The third kappa shape index (κ3) is 2.45. The predicted molar refractivity (Wildman–Crippen MR) is 62.3 cm³/mol. The highest BCUT2D eigenvalue weighted by atomic mass is 16.5. The number of carbonyl (C=O) groups excluding carboxylic acids is 1. The number of ether oxygens (including phenoxy) is 2. The van der Waals surface area contributed by atoms with Gasteiger partial charge in [-0.2, -0.15) is 0 Å². The van der Waals surface area contributed by atoms with Crippen molar-refractivity contribution in [2.75, 3.05) is 20.8 Å². The van der Waals surface area contributed by atoms with Crippen molar-refractivity contribution in [2.24, 2.45) is 0 Å². The number of hydrogen-bond acceptors (Lipinski definition) is 3. The molecule has 4 heteroatoms. The van der Waals surface area contributed by atoms with Crippen LogP contribution in [0, 0.1) is 6.92 Å². The van der Waals surface area contributed by atoms with Crippen molar-refractivity contribution in [1.29, 1.82) is 0 Å². The Bertz CT molecular complexity index is 363. The van der Waals surface area contributed by atoms with Gasteiger partial charge in [-0.15, -0.1) is 0 Å². The van der Waals surface area contributed by atoms with Crippen molar-refractivity contribution < 1.29 is 14.3 Å². The van der Waals surface area contributed by atoms with E-state index in [-0.39, 0.29) is 5.91 Å². The average molecular weight is 223 g/mol. The molecule has 0 aliphatic rings. The maximum atomic E-state index is 11.7. The molecular weight excluding hydrogens is 206 g/mol.